The number of hydrogen-bond acceptors (Lipinski definition) is 2. The maximum absolute atomic E-state index is 12.5. The van der Waals surface area contributed by atoms with Gasteiger partial charge < -0.3 is 10.3 Å². The lowest BCUT2D eigenvalue weighted by Crippen LogP contribution is -2.29. The van der Waals surface area contributed by atoms with Crippen molar-refractivity contribution >= 4 is 5.91 Å². The first-order valence-electron chi connectivity index (χ1n) is 7.29. The van der Waals surface area contributed by atoms with E-state index in [9.17, 15) is 22.8 Å². The molecule has 0 radical (unpaired) electrons. The summed E-state index contributed by atoms with van der Waals surface area (Å²) < 4.78 is 37.4. The fourth-order valence-electron chi connectivity index (χ4n) is 2.35. The van der Waals surface area contributed by atoms with Crippen LogP contribution in [0.15, 0.2) is 35.1 Å². The Hall–Kier alpha value is -2.57. The molecule has 0 spiro atoms. The van der Waals surface area contributed by atoms with E-state index in [1.807, 2.05) is 0 Å². The van der Waals surface area contributed by atoms with E-state index in [2.05, 4.69) is 10.3 Å². The number of benzene rings is 1. The summed E-state index contributed by atoms with van der Waals surface area (Å²) in [4.78, 5) is 26.4. The van der Waals surface area contributed by atoms with Gasteiger partial charge in [0.05, 0.1) is 12.0 Å². The molecule has 2 N–H and O–H groups in total. The van der Waals surface area contributed by atoms with Crippen LogP contribution in [0.1, 0.15) is 27.9 Å². The highest BCUT2D eigenvalue weighted by molar-refractivity contribution is 5.78. The highest BCUT2D eigenvalue weighted by atomic mass is 19.4. The van der Waals surface area contributed by atoms with Crippen molar-refractivity contribution in [2.75, 3.05) is 0 Å². The van der Waals surface area contributed by atoms with Crippen LogP contribution in [0.4, 0.5) is 13.2 Å². The average Bonchev–Trinajstić information content (AvgIpc) is 2.45. The lowest BCUT2D eigenvalue weighted by atomic mass is 10.1. The fraction of sp³-hybridized carbons (Fsp3) is 0.294. The summed E-state index contributed by atoms with van der Waals surface area (Å²) in [6.07, 6.45) is -4.45. The number of rotatable bonds is 4. The second-order valence-corrected chi connectivity index (χ2v) is 5.59. The molecular weight excluding hydrogens is 321 g/mol. The number of aromatic nitrogens is 1. The number of carbonyl (C=O) groups excluding carboxylic acids is 1. The van der Waals surface area contributed by atoms with Crippen molar-refractivity contribution in [3.63, 3.8) is 0 Å². The number of halogens is 3. The quantitative estimate of drug-likeness (QED) is 0.900. The van der Waals surface area contributed by atoms with Crippen molar-refractivity contribution in [3.8, 4) is 0 Å². The molecule has 1 aromatic heterocycles. The van der Waals surface area contributed by atoms with E-state index in [1.165, 1.54) is 12.1 Å². The third kappa shape index (κ3) is 4.47. The highest BCUT2D eigenvalue weighted by Gasteiger charge is 2.29. The van der Waals surface area contributed by atoms with Gasteiger partial charge in [0.2, 0.25) is 5.91 Å². The smallest absolute Gasteiger partial charge is 0.352 e. The Morgan fingerprint density at radius 1 is 1.17 bits per heavy atom. The van der Waals surface area contributed by atoms with Crippen LogP contribution in [0.2, 0.25) is 0 Å². The molecule has 0 aliphatic rings. The SMILES string of the molecule is Cc1cc(C)c(CNC(=O)Cc2ccc(C(F)(F)F)cc2)c(=O)[nH]1. The Morgan fingerprint density at radius 2 is 1.79 bits per heavy atom. The number of aryl methyl sites for hydroxylation is 2. The first-order chi connectivity index (χ1) is 11.2. The monoisotopic (exact) mass is 338 g/mol. The molecule has 0 saturated carbocycles. The minimum Gasteiger partial charge on any atom is -0.352 e. The van der Waals surface area contributed by atoms with E-state index >= 15 is 0 Å². The van der Waals surface area contributed by atoms with Crippen LogP contribution < -0.4 is 10.9 Å². The second kappa shape index (κ2) is 6.90. The van der Waals surface area contributed by atoms with Gasteiger partial charge in [-0.1, -0.05) is 12.1 Å². The van der Waals surface area contributed by atoms with E-state index in [0.717, 1.165) is 23.4 Å². The number of hydrogen-bond donors (Lipinski definition) is 2. The maximum Gasteiger partial charge on any atom is 0.416 e. The van der Waals surface area contributed by atoms with Gasteiger partial charge in [0, 0.05) is 17.8 Å². The van der Waals surface area contributed by atoms with Crippen molar-refractivity contribution in [2.45, 2.75) is 33.0 Å². The van der Waals surface area contributed by atoms with Gasteiger partial charge in [0.1, 0.15) is 0 Å². The molecule has 4 nitrogen and oxygen atoms in total. The zero-order chi connectivity index (χ0) is 17.9. The summed E-state index contributed by atoms with van der Waals surface area (Å²) in [5, 5.41) is 2.61. The minimum absolute atomic E-state index is 0.0546. The summed E-state index contributed by atoms with van der Waals surface area (Å²) in [7, 11) is 0. The largest absolute Gasteiger partial charge is 0.416 e. The number of carbonyl (C=O) groups is 1. The Balaban J connectivity index is 1.98. The van der Waals surface area contributed by atoms with Crippen molar-refractivity contribution in [1.29, 1.82) is 0 Å². The van der Waals surface area contributed by atoms with Crippen molar-refractivity contribution in [3.05, 3.63) is 68.6 Å². The predicted octanol–water partition coefficient (Wildman–Crippen LogP) is 2.87. The van der Waals surface area contributed by atoms with Crippen LogP contribution in [-0.4, -0.2) is 10.9 Å². The summed E-state index contributed by atoms with van der Waals surface area (Å²) >= 11 is 0. The topological polar surface area (TPSA) is 62.0 Å². The van der Waals surface area contributed by atoms with Crippen molar-refractivity contribution in [1.82, 2.24) is 10.3 Å². The van der Waals surface area contributed by atoms with Gasteiger partial charge in [-0.25, -0.2) is 0 Å². The molecule has 2 rings (SSSR count). The van der Waals surface area contributed by atoms with Gasteiger partial charge in [-0.2, -0.15) is 13.2 Å². The molecule has 1 amide bonds. The zero-order valence-corrected chi connectivity index (χ0v) is 13.3. The van der Waals surface area contributed by atoms with Gasteiger partial charge in [-0.15, -0.1) is 0 Å². The molecule has 0 fully saturated rings. The van der Waals surface area contributed by atoms with Crippen LogP contribution in [0.3, 0.4) is 0 Å². The Bertz CT molecular complexity index is 793. The summed E-state index contributed by atoms with van der Waals surface area (Å²) in [5.41, 5.74) is 1.41. The minimum atomic E-state index is -4.40. The molecule has 24 heavy (non-hydrogen) atoms. The lowest BCUT2D eigenvalue weighted by molar-refractivity contribution is -0.137. The summed E-state index contributed by atoms with van der Waals surface area (Å²) in [5.74, 6) is -0.367. The molecule has 1 heterocycles. The van der Waals surface area contributed by atoms with Gasteiger partial charge in [0.25, 0.3) is 5.56 Å². The van der Waals surface area contributed by atoms with Crippen LogP contribution in [0.25, 0.3) is 0 Å². The zero-order valence-electron chi connectivity index (χ0n) is 13.3. The molecule has 7 heteroatoms. The van der Waals surface area contributed by atoms with E-state index in [4.69, 9.17) is 0 Å². The number of nitrogens with one attached hydrogen (secondary N) is 2. The Labute approximate surface area is 136 Å². The molecule has 0 atom stereocenters. The number of H-pyrrole nitrogens is 1. The summed E-state index contributed by atoms with van der Waals surface area (Å²) in [6, 6.07) is 6.23. The van der Waals surface area contributed by atoms with Gasteiger partial charge in [-0.3, -0.25) is 9.59 Å². The van der Waals surface area contributed by atoms with E-state index < -0.39 is 11.7 Å². The van der Waals surface area contributed by atoms with Gasteiger partial charge in [0.15, 0.2) is 0 Å². The normalized spacial score (nSPS) is 11.4. The van der Waals surface area contributed by atoms with Crippen LogP contribution in [-0.2, 0) is 23.9 Å². The Morgan fingerprint density at radius 3 is 2.33 bits per heavy atom. The molecule has 0 bridgehead atoms. The predicted molar refractivity (Wildman–Crippen MR) is 83.5 cm³/mol. The molecule has 1 aromatic carbocycles. The molecular formula is C17H17F3N2O2. The average molecular weight is 338 g/mol. The van der Waals surface area contributed by atoms with Crippen LogP contribution in [0, 0.1) is 13.8 Å². The van der Waals surface area contributed by atoms with Crippen LogP contribution >= 0.6 is 0 Å². The molecule has 0 unspecified atom stereocenters. The van der Waals surface area contributed by atoms with Crippen molar-refractivity contribution in [2.24, 2.45) is 0 Å². The highest BCUT2D eigenvalue weighted by Crippen LogP contribution is 2.29. The van der Waals surface area contributed by atoms with Crippen LogP contribution in [0.5, 0.6) is 0 Å². The Kier molecular flexibility index (Phi) is 5.11. The third-order valence-electron chi connectivity index (χ3n) is 3.60. The number of alkyl halides is 3. The first-order valence-corrected chi connectivity index (χ1v) is 7.29. The van der Waals surface area contributed by atoms with E-state index in [0.29, 0.717) is 11.1 Å². The molecule has 0 aliphatic heterocycles. The number of pyridine rings is 1. The standard InChI is InChI=1S/C17H17F3N2O2/c1-10-7-11(2)22-16(24)14(10)9-21-15(23)8-12-3-5-13(6-4-12)17(18,19)20/h3-7H,8-9H2,1-2H3,(H,21,23)(H,22,24). The fourth-order valence-corrected chi connectivity index (χ4v) is 2.35. The number of aromatic amines is 1. The van der Waals surface area contributed by atoms with Gasteiger partial charge >= 0.3 is 6.18 Å². The van der Waals surface area contributed by atoms with E-state index in [-0.39, 0.29) is 24.4 Å². The molecule has 128 valence electrons. The van der Waals surface area contributed by atoms with Crippen molar-refractivity contribution < 1.29 is 18.0 Å². The van der Waals surface area contributed by atoms with E-state index in [1.54, 1.807) is 19.9 Å². The number of amides is 1. The summed E-state index contributed by atoms with van der Waals surface area (Å²) in [6.45, 7) is 3.61. The second-order valence-electron chi connectivity index (χ2n) is 5.59. The molecule has 0 aliphatic carbocycles. The third-order valence-corrected chi connectivity index (χ3v) is 3.60. The maximum atomic E-state index is 12.5. The molecule has 2 aromatic rings. The first kappa shape index (κ1) is 17.8. The molecule has 0 saturated heterocycles. The lowest BCUT2D eigenvalue weighted by Gasteiger charge is -2.09. The van der Waals surface area contributed by atoms with Gasteiger partial charge in [-0.05, 0) is 43.2 Å².